The molecule has 1 aliphatic carbocycles. The highest BCUT2D eigenvalue weighted by Crippen LogP contribution is 2.39. The topological polar surface area (TPSA) is 66.8 Å². The fraction of sp³-hybridized carbons (Fsp3) is 0.579. The predicted octanol–water partition coefficient (Wildman–Crippen LogP) is 2.86. The summed E-state index contributed by atoms with van der Waals surface area (Å²) < 4.78 is 24.1. The van der Waals surface area contributed by atoms with Crippen molar-refractivity contribution in [2.24, 2.45) is 10.9 Å². The SMILES string of the molecule is O=C(N=C1S[C@@H]2CS(=O)(=O)C[C@H]2N1Cc1ccccc1)C1CCCCC1. The first-order valence-electron chi connectivity index (χ1n) is 9.32. The molecule has 0 aromatic heterocycles. The Bertz CT molecular complexity index is 801. The van der Waals surface area contributed by atoms with Crippen LogP contribution in [0.1, 0.15) is 37.7 Å². The van der Waals surface area contributed by atoms with E-state index in [0.29, 0.717) is 11.7 Å². The Morgan fingerprint density at radius 3 is 2.58 bits per heavy atom. The maximum absolute atomic E-state index is 12.7. The summed E-state index contributed by atoms with van der Waals surface area (Å²) in [6.45, 7) is 0.599. The zero-order chi connectivity index (χ0) is 18.1. The van der Waals surface area contributed by atoms with Crippen LogP contribution >= 0.6 is 11.8 Å². The molecule has 5 nitrogen and oxygen atoms in total. The van der Waals surface area contributed by atoms with E-state index >= 15 is 0 Å². The van der Waals surface area contributed by atoms with Gasteiger partial charge in [-0.1, -0.05) is 61.4 Å². The molecule has 0 bridgehead atoms. The van der Waals surface area contributed by atoms with Crippen molar-refractivity contribution in [3.63, 3.8) is 0 Å². The summed E-state index contributed by atoms with van der Waals surface area (Å²) in [6, 6.07) is 9.90. The van der Waals surface area contributed by atoms with Gasteiger partial charge < -0.3 is 4.90 Å². The zero-order valence-electron chi connectivity index (χ0n) is 14.7. The lowest BCUT2D eigenvalue weighted by Crippen LogP contribution is -2.37. The lowest BCUT2D eigenvalue weighted by Gasteiger charge is -2.25. The first kappa shape index (κ1) is 18.0. The van der Waals surface area contributed by atoms with Crippen LogP contribution in [0.4, 0.5) is 0 Å². The van der Waals surface area contributed by atoms with E-state index < -0.39 is 9.84 Å². The number of carbonyl (C=O) groups excluding carboxylic acids is 1. The van der Waals surface area contributed by atoms with Gasteiger partial charge in [0.15, 0.2) is 15.0 Å². The first-order chi connectivity index (χ1) is 12.5. The fourth-order valence-corrected chi connectivity index (χ4v) is 8.09. The molecule has 1 saturated carbocycles. The molecular weight excluding hydrogens is 368 g/mol. The molecule has 7 heteroatoms. The van der Waals surface area contributed by atoms with Gasteiger partial charge in [0.2, 0.25) is 0 Å². The number of fused-ring (bicyclic) bond motifs is 1. The average Bonchev–Trinajstić information content (AvgIpc) is 3.09. The molecule has 3 fully saturated rings. The normalized spacial score (nSPS) is 29.8. The number of rotatable bonds is 3. The smallest absolute Gasteiger partial charge is 0.251 e. The van der Waals surface area contributed by atoms with Crippen molar-refractivity contribution < 1.29 is 13.2 Å². The molecule has 0 spiro atoms. The number of benzene rings is 1. The van der Waals surface area contributed by atoms with Gasteiger partial charge in [-0.05, 0) is 18.4 Å². The molecule has 26 heavy (non-hydrogen) atoms. The highest BCUT2D eigenvalue weighted by molar-refractivity contribution is 8.15. The van der Waals surface area contributed by atoms with Crippen molar-refractivity contribution in [1.82, 2.24) is 4.90 Å². The molecule has 3 aliphatic rings. The summed E-state index contributed by atoms with van der Waals surface area (Å²) in [4.78, 5) is 19.2. The van der Waals surface area contributed by atoms with Crippen LogP contribution < -0.4 is 0 Å². The van der Waals surface area contributed by atoms with Crippen LogP contribution in [-0.2, 0) is 21.2 Å². The second-order valence-corrected chi connectivity index (χ2v) is 10.8. The molecular formula is C19H24N2O3S2. The third-order valence-corrected chi connectivity index (χ3v) is 8.78. The van der Waals surface area contributed by atoms with Crippen molar-refractivity contribution >= 4 is 32.7 Å². The second kappa shape index (κ2) is 7.35. The Hall–Kier alpha value is -1.34. The summed E-state index contributed by atoms with van der Waals surface area (Å²) in [5.41, 5.74) is 1.11. The summed E-state index contributed by atoms with van der Waals surface area (Å²) >= 11 is 1.48. The lowest BCUT2D eigenvalue weighted by atomic mass is 9.89. The van der Waals surface area contributed by atoms with Crippen molar-refractivity contribution in [2.75, 3.05) is 11.5 Å². The van der Waals surface area contributed by atoms with Crippen molar-refractivity contribution in [3.05, 3.63) is 35.9 Å². The number of hydrogen-bond donors (Lipinski definition) is 0. The van der Waals surface area contributed by atoms with Gasteiger partial charge in [-0.3, -0.25) is 4.79 Å². The van der Waals surface area contributed by atoms with E-state index in [1.165, 1.54) is 18.2 Å². The number of carbonyl (C=O) groups is 1. The highest BCUT2D eigenvalue weighted by atomic mass is 32.2. The molecule has 0 N–H and O–H groups in total. The number of aliphatic imine (C=N–C) groups is 1. The summed E-state index contributed by atoms with van der Waals surface area (Å²) in [5.74, 6) is 0.367. The predicted molar refractivity (Wildman–Crippen MR) is 105 cm³/mol. The van der Waals surface area contributed by atoms with Crippen LogP contribution in [0.2, 0.25) is 0 Å². The third kappa shape index (κ3) is 3.83. The van der Waals surface area contributed by atoms with Gasteiger partial charge in [-0.2, -0.15) is 4.99 Å². The van der Waals surface area contributed by atoms with Crippen LogP contribution in [0, 0.1) is 5.92 Å². The van der Waals surface area contributed by atoms with Crippen LogP contribution in [0.3, 0.4) is 0 Å². The minimum absolute atomic E-state index is 0.0124. The maximum Gasteiger partial charge on any atom is 0.251 e. The van der Waals surface area contributed by atoms with Crippen LogP contribution in [-0.4, -0.2) is 47.2 Å². The first-order valence-corrected chi connectivity index (χ1v) is 12.0. The van der Waals surface area contributed by atoms with E-state index in [0.717, 1.165) is 31.2 Å². The molecule has 4 rings (SSSR count). The van der Waals surface area contributed by atoms with E-state index in [1.54, 1.807) is 0 Å². The van der Waals surface area contributed by atoms with E-state index in [-0.39, 0.29) is 34.6 Å². The zero-order valence-corrected chi connectivity index (χ0v) is 16.3. The van der Waals surface area contributed by atoms with Gasteiger partial charge in [-0.15, -0.1) is 0 Å². The number of amidine groups is 1. The number of nitrogens with zero attached hydrogens (tertiary/aromatic N) is 2. The standard InChI is InChI=1S/C19H24N2O3S2/c22-18(15-9-5-2-6-10-15)20-19-21(11-14-7-3-1-4-8-14)16-12-26(23,24)13-17(16)25-19/h1,3-4,7-8,15-17H,2,5-6,9-13H2/t16-,17-/m1/s1. The van der Waals surface area contributed by atoms with E-state index in [1.807, 2.05) is 30.3 Å². The minimum Gasteiger partial charge on any atom is -0.342 e. The van der Waals surface area contributed by atoms with E-state index in [4.69, 9.17) is 0 Å². The molecule has 0 radical (unpaired) electrons. The van der Waals surface area contributed by atoms with Crippen LogP contribution in [0.15, 0.2) is 35.3 Å². The highest BCUT2D eigenvalue weighted by Gasteiger charge is 2.48. The molecule has 2 saturated heterocycles. The van der Waals surface area contributed by atoms with Gasteiger partial charge in [0.25, 0.3) is 5.91 Å². The van der Waals surface area contributed by atoms with Gasteiger partial charge in [0.1, 0.15) is 0 Å². The van der Waals surface area contributed by atoms with Crippen molar-refractivity contribution in [2.45, 2.75) is 49.9 Å². The number of thioether (sulfide) groups is 1. The fourth-order valence-electron chi connectivity index (χ4n) is 4.14. The van der Waals surface area contributed by atoms with Crippen molar-refractivity contribution in [3.8, 4) is 0 Å². The van der Waals surface area contributed by atoms with Gasteiger partial charge in [-0.25, -0.2) is 8.42 Å². The summed E-state index contributed by atoms with van der Waals surface area (Å²) in [5, 5.41) is 0.705. The van der Waals surface area contributed by atoms with E-state index in [2.05, 4.69) is 9.89 Å². The summed E-state index contributed by atoms with van der Waals surface area (Å²) in [7, 11) is -3.01. The monoisotopic (exact) mass is 392 g/mol. The molecule has 2 atom stereocenters. The second-order valence-electron chi connectivity index (χ2n) is 7.48. The van der Waals surface area contributed by atoms with E-state index in [9.17, 15) is 13.2 Å². The Kier molecular flexibility index (Phi) is 5.10. The minimum atomic E-state index is -3.01. The largest absolute Gasteiger partial charge is 0.342 e. The third-order valence-electron chi connectivity index (χ3n) is 5.53. The maximum atomic E-state index is 12.7. The quantitative estimate of drug-likeness (QED) is 0.791. The molecule has 0 unspecified atom stereocenters. The Labute approximate surface area is 159 Å². The Morgan fingerprint density at radius 2 is 1.85 bits per heavy atom. The number of sulfone groups is 1. The number of hydrogen-bond acceptors (Lipinski definition) is 4. The van der Waals surface area contributed by atoms with Crippen LogP contribution in [0.5, 0.6) is 0 Å². The molecule has 1 aromatic carbocycles. The van der Waals surface area contributed by atoms with Gasteiger partial charge in [0, 0.05) is 17.7 Å². The Balaban J connectivity index is 1.58. The molecule has 1 amide bonds. The molecule has 2 heterocycles. The number of amides is 1. The molecule has 2 aliphatic heterocycles. The average molecular weight is 393 g/mol. The summed E-state index contributed by atoms with van der Waals surface area (Å²) in [6.07, 6.45) is 5.27. The van der Waals surface area contributed by atoms with Gasteiger partial charge in [0.05, 0.1) is 17.5 Å². The van der Waals surface area contributed by atoms with Crippen molar-refractivity contribution in [1.29, 1.82) is 0 Å². The Morgan fingerprint density at radius 1 is 1.12 bits per heavy atom. The van der Waals surface area contributed by atoms with Gasteiger partial charge >= 0.3 is 0 Å². The molecule has 140 valence electrons. The van der Waals surface area contributed by atoms with Crippen LogP contribution in [0.25, 0.3) is 0 Å². The molecule has 1 aromatic rings. The lowest BCUT2D eigenvalue weighted by molar-refractivity contribution is -0.122.